The molecule has 0 heterocycles. The van der Waals surface area contributed by atoms with Gasteiger partial charge in [-0.2, -0.15) is 0 Å². The lowest BCUT2D eigenvalue weighted by molar-refractivity contribution is 0.349. The molecule has 3 nitrogen and oxygen atoms in total. The van der Waals surface area contributed by atoms with E-state index in [9.17, 15) is 4.57 Å². The van der Waals surface area contributed by atoms with E-state index in [2.05, 4.69) is 5.16 Å². The van der Waals surface area contributed by atoms with Crippen molar-refractivity contribution in [1.29, 1.82) is 0 Å². The van der Waals surface area contributed by atoms with Gasteiger partial charge in [-0.25, -0.2) is 0 Å². The Morgan fingerprint density at radius 3 is 1.90 bits per heavy atom. The fourth-order valence-electron chi connectivity index (χ4n) is 1.66. The maximum atomic E-state index is 13.2. The second-order valence-electron chi connectivity index (χ2n) is 4.13. The van der Waals surface area contributed by atoms with E-state index >= 15 is 0 Å². The third-order valence-electron chi connectivity index (χ3n) is 2.74. The molecule has 0 fully saturated rings. The predicted molar refractivity (Wildman–Crippen MR) is 84.4 cm³/mol. The smallest absolute Gasteiger partial charge is 0.329 e. The molecule has 0 saturated heterocycles. The summed E-state index contributed by atoms with van der Waals surface area (Å²) in [6.07, 6.45) is 0.533. The molecule has 20 heavy (non-hydrogen) atoms. The van der Waals surface area contributed by atoms with Gasteiger partial charge in [0.2, 0.25) is 0 Å². The van der Waals surface area contributed by atoms with Crippen molar-refractivity contribution in [2.75, 3.05) is 0 Å². The highest BCUT2D eigenvalue weighted by molar-refractivity contribution is 7.74. The third kappa shape index (κ3) is 3.30. The fraction of sp³-hybridized carbons (Fsp3) is 0.133. The molecule has 0 amide bonds. The Kier molecular flexibility index (Phi) is 4.99. The molecule has 2 aromatic rings. The monoisotopic (exact) mass is 307 g/mol. The summed E-state index contributed by atoms with van der Waals surface area (Å²) in [6.45, 7) is 1.85. The number of oxime groups is 1. The van der Waals surface area contributed by atoms with Crippen LogP contribution in [-0.2, 0) is 9.19 Å². The highest BCUT2D eigenvalue weighted by Crippen LogP contribution is 2.44. The molecule has 0 aliphatic rings. The molecular formula is C15H15ClNO2P. The molecule has 5 heteroatoms. The van der Waals surface area contributed by atoms with Gasteiger partial charge in [-0.1, -0.05) is 60.1 Å². The Bertz CT molecular complexity index is 585. The quantitative estimate of drug-likeness (QED) is 0.477. The zero-order valence-electron chi connectivity index (χ0n) is 11.1. The molecule has 0 saturated carbocycles. The fourth-order valence-corrected chi connectivity index (χ4v) is 3.57. The van der Waals surface area contributed by atoms with Gasteiger partial charge in [-0.05, 0) is 24.3 Å². The van der Waals surface area contributed by atoms with Crippen LogP contribution in [0.5, 0.6) is 0 Å². The maximum absolute atomic E-state index is 13.2. The van der Waals surface area contributed by atoms with E-state index in [1.165, 1.54) is 0 Å². The minimum atomic E-state index is -3.26. The lowest BCUT2D eigenvalue weighted by atomic mass is 10.4. The summed E-state index contributed by atoms with van der Waals surface area (Å²) in [5, 5.41) is 5.26. The Morgan fingerprint density at radius 1 is 1.05 bits per heavy atom. The summed E-state index contributed by atoms with van der Waals surface area (Å²) < 4.78 is 18.6. The molecule has 0 bridgehead atoms. The molecule has 0 unspecified atom stereocenters. The highest BCUT2D eigenvalue weighted by Gasteiger charge is 2.30. The Hall–Kier alpha value is -1.57. The van der Waals surface area contributed by atoms with Crippen LogP contribution < -0.4 is 10.6 Å². The van der Waals surface area contributed by atoms with Gasteiger partial charge in [-0.15, -0.1) is 0 Å². The highest BCUT2D eigenvalue weighted by atomic mass is 35.5. The normalized spacial score (nSPS) is 12.2. The Balaban J connectivity index is 2.47. The van der Waals surface area contributed by atoms with Crippen LogP contribution in [0.15, 0.2) is 65.8 Å². The van der Waals surface area contributed by atoms with Gasteiger partial charge in [0.15, 0.2) is 0 Å². The van der Waals surface area contributed by atoms with E-state index in [1.807, 2.05) is 43.3 Å². The maximum Gasteiger partial charge on any atom is 0.330 e. The average molecular weight is 308 g/mol. The van der Waals surface area contributed by atoms with E-state index in [0.717, 1.165) is 0 Å². The lowest BCUT2D eigenvalue weighted by Crippen LogP contribution is -2.16. The van der Waals surface area contributed by atoms with Crippen molar-refractivity contribution in [2.45, 2.75) is 13.3 Å². The molecule has 0 aliphatic heterocycles. The summed E-state index contributed by atoms with van der Waals surface area (Å²) in [6, 6.07) is 18.1. The Labute approximate surface area is 123 Å². The molecule has 0 radical (unpaired) electrons. The first kappa shape index (κ1) is 14.8. The SMILES string of the molecule is CC/C(Cl)=N/OP(=O)(c1ccccc1)c1ccccc1. The van der Waals surface area contributed by atoms with Crippen molar-refractivity contribution in [3.05, 3.63) is 60.7 Å². The van der Waals surface area contributed by atoms with Crippen molar-refractivity contribution in [3.63, 3.8) is 0 Å². The number of rotatable bonds is 5. The molecule has 0 aliphatic carbocycles. The van der Waals surface area contributed by atoms with Crippen LogP contribution in [0.25, 0.3) is 0 Å². The van der Waals surface area contributed by atoms with Crippen molar-refractivity contribution in [3.8, 4) is 0 Å². The molecule has 0 aromatic heterocycles. The zero-order chi connectivity index (χ0) is 14.4. The number of benzene rings is 2. The van der Waals surface area contributed by atoms with E-state index in [1.54, 1.807) is 24.3 Å². The van der Waals surface area contributed by atoms with Crippen molar-refractivity contribution in [2.24, 2.45) is 5.16 Å². The molecule has 0 spiro atoms. The second-order valence-corrected chi connectivity index (χ2v) is 6.86. The summed E-state index contributed by atoms with van der Waals surface area (Å²) in [5.74, 6) is 0. The van der Waals surface area contributed by atoms with Crippen molar-refractivity contribution >= 4 is 34.7 Å². The number of nitrogens with zero attached hydrogens (tertiary/aromatic N) is 1. The van der Waals surface area contributed by atoms with Gasteiger partial charge in [0, 0.05) is 6.42 Å². The first-order chi connectivity index (χ1) is 9.66. The van der Waals surface area contributed by atoms with Crippen molar-refractivity contribution in [1.82, 2.24) is 0 Å². The van der Waals surface area contributed by atoms with Gasteiger partial charge >= 0.3 is 7.37 Å². The van der Waals surface area contributed by atoms with Crippen molar-refractivity contribution < 1.29 is 9.19 Å². The van der Waals surface area contributed by atoms with Gasteiger partial charge in [-0.3, -0.25) is 4.57 Å². The van der Waals surface area contributed by atoms with Gasteiger partial charge in [0.05, 0.1) is 10.6 Å². The van der Waals surface area contributed by atoms with Crippen LogP contribution in [0, 0.1) is 0 Å². The van der Waals surface area contributed by atoms with Crippen LogP contribution >= 0.6 is 19.0 Å². The standard InChI is InChI=1S/C15H15ClNO2P/c1-2-15(16)17-19-20(18,13-9-5-3-6-10-13)14-11-7-4-8-12-14/h3-12H,2H2,1H3/b17-15-. The number of hydrogen-bond acceptors (Lipinski definition) is 3. The molecule has 104 valence electrons. The lowest BCUT2D eigenvalue weighted by Gasteiger charge is -2.16. The first-order valence-corrected chi connectivity index (χ1v) is 8.29. The van der Waals surface area contributed by atoms with E-state index in [4.69, 9.17) is 16.2 Å². The zero-order valence-corrected chi connectivity index (χ0v) is 12.7. The van der Waals surface area contributed by atoms with E-state index in [0.29, 0.717) is 17.0 Å². The molecule has 2 aromatic carbocycles. The Morgan fingerprint density at radius 2 is 1.50 bits per heavy atom. The molecular weight excluding hydrogens is 293 g/mol. The summed E-state index contributed by atoms with van der Waals surface area (Å²) in [5.41, 5.74) is 0. The molecule has 2 rings (SSSR count). The van der Waals surface area contributed by atoms with Crippen LogP contribution in [0.1, 0.15) is 13.3 Å². The predicted octanol–water partition coefficient (Wildman–Crippen LogP) is 3.89. The summed E-state index contributed by atoms with van der Waals surface area (Å²) in [4.78, 5) is 0. The molecule has 0 N–H and O–H groups in total. The van der Waals surface area contributed by atoms with Gasteiger partial charge < -0.3 is 4.62 Å². The second kappa shape index (κ2) is 6.74. The van der Waals surface area contributed by atoms with Gasteiger partial charge in [0.1, 0.15) is 5.17 Å². The average Bonchev–Trinajstić information content (AvgIpc) is 2.54. The van der Waals surface area contributed by atoms with Crippen LogP contribution in [0.4, 0.5) is 0 Å². The van der Waals surface area contributed by atoms with Crippen LogP contribution in [0.2, 0.25) is 0 Å². The summed E-state index contributed by atoms with van der Waals surface area (Å²) in [7, 11) is -3.26. The largest absolute Gasteiger partial charge is 0.330 e. The minimum absolute atomic E-state index is 0.289. The van der Waals surface area contributed by atoms with Gasteiger partial charge in [0.25, 0.3) is 0 Å². The van der Waals surface area contributed by atoms with Crippen LogP contribution in [-0.4, -0.2) is 5.17 Å². The number of hydrogen-bond donors (Lipinski definition) is 0. The van der Waals surface area contributed by atoms with Crippen LogP contribution in [0.3, 0.4) is 0 Å². The first-order valence-electron chi connectivity index (χ1n) is 6.29. The summed E-state index contributed by atoms with van der Waals surface area (Å²) >= 11 is 5.85. The number of halogens is 1. The molecule has 0 atom stereocenters. The van der Waals surface area contributed by atoms with E-state index < -0.39 is 7.37 Å². The minimum Gasteiger partial charge on any atom is -0.329 e. The van der Waals surface area contributed by atoms with E-state index in [-0.39, 0.29) is 5.17 Å². The topological polar surface area (TPSA) is 38.7 Å². The third-order valence-corrected chi connectivity index (χ3v) is 5.34.